The quantitative estimate of drug-likeness (QED) is 0.414. The van der Waals surface area contributed by atoms with Gasteiger partial charge in [0.2, 0.25) is 11.8 Å². The summed E-state index contributed by atoms with van der Waals surface area (Å²) in [6.07, 6.45) is 16.7. The molecule has 1 aromatic rings. The van der Waals surface area contributed by atoms with E-state index in [0.717, 1.165) is 50.5 Å². The number of fused-ring (bicyclic) bond motifs is 2. The van der Waals surface area contributed by atoms with E-state index in [-0.39, 0.29) is 30.4 Å². The second-order valence-electron chi connectivity index (χ2n) is 12.5. The smallest absolute Gasteiger partial charge is 0.311 e. The van der Waals surface area contributed by atoms with E-state index in [0.29, 0.717) is 19.6 Å². The van der Waals surface area contributed by atoms with Crippen molar-refractivity contribution in [3.8, 4) is 0 Å². The van der Waals surface area contributed by atoms with Gasteiger partial charge >= 0.3 is 5.97 Å². The summed E-state index contributed by atoms with van der Waals surface area (Å²) in [5, 5.41) is 10.7. The van der Waals surface area contributed by atoms with Crippen molar-refractivity contribution in [3.63, 3.8) is 0 Å². The second kappa shape index (κ2) is 11.6. The number of likely N-dealkylation sites (tertiary alicyclic amines) is 1. The van der Waals surface area contributed by atoms with E-state index in [1.165, 1.54) is 6.42 Å². The van der Waals surface area contributed by atoms with Gasteiger partial charge in [-0.2, -0.15) is 0 Å². The van der Waals surface area contributed by atoms with Crippen molar-refractivity contribution in [2.45, 2.75) is 92.3 Å². The zero-order valence-corrected chi connectivity index (χ0v) is 24.8. The Morgan fingerprint density at radius 2 is 1.76 bits per heavy atom. The van der Waals surface area contributed by atoms with Crippen molar-refractivity contribution in [2.75, 3.05) is 19.8 Å². The van der Waals surface area contributed by atoms with Crippen LogP contribution in [-0.4, -0.2) is 80.1 Å². The van der Waals surface area contributed by atoms with Gasteiger partial charge in [0, 0.05) is 17.3 Å². The Bertz CT molecular complexity index is 1210. The predicted octanol–water partition coefficient (Wildman–Crippen LogP) is 4.29. The van der Waals surface area contributed by atoms with E-state index in [2.05, 4.69) is 24.3 Å². The second-order valence-corrected chi connectivity index (χ2v) is 14.3. The number of aliphatic hydroxyl groups is 1. The molecular weight excluding hydrogens is 536 g/mol. The van der Waals surface area contributed by atoms with Gasteiger partial charge in [0.25, 0.3) is 0 Å². The van der Waals surface area contributed by atoms with Crippen molar-refractivity contribution in [1.29, 1.82) is 0 Å². The number of rotatable bonds is 5. The number of carbonyl (C=O) groups excluding carboxylic acids is 3. The maximum absolute atomic E-state index is 14.8. The van der Waals surface area contributed by atoms with Gasteiger partial charge < -0.3 is 19.6 Å². The van der Waals surface area contributed by atoms with Crippen LogP contribution in [0.25, 0.3) is 0 Å². The molecule has 2 amide bonds. The molecule has 1 aliphatic carbocycles. The maximum atomic E-state index is 14.8. The zero-order chi connectivity index (χ0) is 28.6. The summed E-state index contributed by atoms with van der Waals surface area (Å²) in [7, 11) is 0. The van der Waals surface area contributed by atoms with Crippen molar-refractivity contribution < 1.29 is 24.2 Å². The Balaban J connectivity index is 1.47. The van der Waals surface area contributed by atoms with Crippen LogP contribution in [0.1, 0.15) is 63.9 Å². The third-order valence-electron chi connectivity index (χ3n) is 9.90. The van der Waals surface area contributed by atoms with Crippen LogP contribution in [0, 0.1) is 11.8 Å². The first-order chi connectivity index (χ1) is 19.9. The van der Waals surface area contributed by atoms with Crippen LogP contribution in [0.15, 0.2) is 54.6 Å². The van der Waals surface area contributed by atoms with Crippen molar-refractivity contribution in [3.05, 3.63) is 60.2 Å². The van der Waals surface area contributed by atoms with Gasteiger partial charge in [-0.25, -0.2) is 0 Å². The number of cyclic esters (lactones) is 1. The minimum absolute atomic E-state index is 0.0542. The fourth-order valence-electron chi connectivity index (χ4n) is 8.01. The van der Waals surface area contributed by atoms with Gasteiger partial charge in [-0.05, 0) is 51.0 Å². The van der Waals surface area contributed by atoms with Gasteiger partial charge in [-0.1, -0.05) is 73.9 Å². The number of amides is 2. The highest BCUT2D eigenvalue weighted by Crippen LogP contribution is 2.65. The summed E-state index contributed by atoms with van der Waals surface area (Å²) in [6.45, 7) is 2.60. The number of thioether (sulfide) groups is 1. The molecule has 41 heavy (non-hydrogen) atoms. The molecule has 1 aromatic carbocycles. The fourth-order valence-corrected chi connectivity index (χ4v) is 10.1. The first-order valence-electron chi connectivity index (χ1n) is 15.4. The molecule has 4 heterocycles. The summed E-state index contributed by atoms with van der Waals surface area (Å²) >= 11 is 1.58. The van der Waals surface area contributed by atoms with Gasteiger partial charge in [0.15, 0.2) is 0 Å². The maximum Gasteiger partial charge on any atom is 0.311 e. The SMILES string of the molecule is C[C@@]12/C=C\CCCCOC(=O)[C@@H]1[C@H]1C(=O)N([C@@H](CO)Cc3ccccc3)C3C(=O)N(C4CCCCC4)CC=C[C@@]31S2. The number of allylic oxidation sites excluding steroid dienone is 1. The van der Waals surface area contributed by atoms with E-state index >= 15 is 0 Å². The first-order valence-corrected chi connectivity index (χ1v) is 16.2. The third-order valence-corrected chi connectivity index (χ3v) is 11.7. The Labute approximate surface area is 247 Å². The van der Waals surface area contributed by atoms with Crippen LogP contribution in [0.4, 0.5) is 0 Å². The normalized spacial score (nSPS) is 35.8. The molecule has 6 atom stereocenters. The molecule has 6 rings (SSSR count). The van der Waals surface area contributed by atoms with Gasteiger partial charge in [-0.3, -0.25) is 14.4 Å². The highest BCUT2D eigenvalue weighted by atomic mass is 32.2. The van der Waals surface area contributed by atoms with Crippen molar-refractivity contribution >= 4 is 29.5 Å². The molecular formula is C33H42N2O5S. The van der Waals surface area contributed by atoms with Gasteiger partial charge in [-0.15, -0.1) is 11.8 Å². The number of esters is 1. The highest BCUT2D eigenvalue weighted by Gasteiger charge is 2.74. The number of hydrogen-bond donors (Lipinski definition) is 1. The van der Waals surface area contributed by atoms with E-state index in [1.54, 1.807) is 16.7 Å². The number of carbonyl (C=O) groups is 3. The molecule has 220 valence electrons. The molecule has 8 heteroatoms. The lowest BCUT2D eigenvalue weighted by Gasteiger charge is -2.42. The molecule has 7 nitrogen and oxygen atoms in total. The number of hydrogen-bond acceptors (Lipinski definition) is 6. The van der Waals surface area contributed by atoms with Gasteiger partial charge in [0.05, 0.1) is 35.8 Å². The van der Waals surface area contributed by atoms with Crippen LogP contribution < -0.4 is 0 Å². The third kappa shape index (κ3) is 4.95. The largest absolute Gasteiger partial charge is 0.465 e. The number of ether oxygens (including phenoxy) is 1. The standard InChI is InChI=1S/C33H42N2O5S/c1-32-17-10-2-3-11-20-40-31(39)27(32)26-29(37)35(25(22-36)21-23-13-6-4-7-14-23)28-30(38)34(24-15-8-5-9-16-24)19-12-18-33(26,28)41-32/h4,6-7,10,12-14,17-18,24-28,36H,2-3,5,8-9,11,15-16,19-22H2,1H3/b17-10-/t25-,26+,27+,28?,32-,33+/m1/s1. The minimum atomic E-state index is -0.932. The number of aliphatic hydroxyl groups excluding tert-OH is 1. The molecule has 0 aromatic heterocycles. The summed E-state index contributed by atoms with van der Waals surface area (Å²) in [5.74, 6) is -2.12. The van der Waals surface area contributed by atoms with Gasteiger partial charge in [0.1, 0.15) is 6.04 Å². The summed E-state index contributed by atoms with van der Waals surface area (Å²) in [4.78, 5) is 47.0. The Morgan fingerprint density at radius 3 is 2.51 bits per heavy atom. The average molecular weight is 579 g/mol. The molecule has 2 saturated heterocycles. The molecule has 1 saturated carbocycles. The van der Waals surface area contributed by atoms with Crippen LogP contribution in [0.3, 0.4) is 0 Å². The lowest BCUT2D eigenvalue weighted by molar-refractivity contribution is -0.155. The lowest BCUT2D eigenvalue weighted by atomic mass is 9.74. The van der Waals surface area contributed by atoms with E-state index < -0.39 is 33.4 Å². The van der Waals surface area contributed by atoms with E-state index in [4.69, 9.17) is 4.74 Å². The summed E-state index contributed by atoms with van der Waals surface area (Å²) in [6, 6.07) is 8.55. The molecule has 5 aliphatic rings. The topological polar surface area (TPSA) is 87.1 Å². The summed E-state index contributed by atoms with van der Waals surface area (Å²) < 4.78 is 4.17. The molecule has 1 spiro atoms. The Morgan fingerprint density at radius 1 is 0.976 bits per heavy atom. The number of nitrogens with zero attached hydrogens (tertiary/aromatic N) is 2. The molecule has 1 N–H and O–H groups in total. The fraction of sp³-hybridized carbons (Fsp3) is 0.606. The zero-order valence-electron chi connectivity index (χ0n) is 24.0. The monoisotopic (exact) mass is 578 g/mol. The van der Waals surface area contributed by atoms with Crippen LogP contribution >= 0.6 is 11.8 Å². The average Bonchev–Trinajstić information content (AvgIpc) is 3.32. The van der Waals surface area contributed by atoms with Crippen LogP contribution in [0.2, 0.25) is 0 Å². The molecule has 1 unspecified atom stereocenters. The molecule has 4 aliphatic heterocycles. The molecule has 0 bridgehead atoms. The van der Waals surface area contributed by atoms with E-state index in [1.807, 2.05) is 42.2 Å². The van der Waals surface area contributed by atoms with Crippen LogP contribution in [0.5, 0.6) is 0 Å². The van der Waals surface area contributed by atoms with Crippen LogP contribution in [-0.2, 0) is 25.5 Å². The first kappa shape index (κ1) is 28.5. The lowest BCUT2D eigenvalue weighted by Crippen LogP contribution is -2.58. The Hall–Kier alpha value is -2.58. The van der Waals surface area contributed by atoms with E-state index in [9.17, 15) is 19.5 Å². The molecule has 3 fully saturated rings. The predicted molar refractivity (Wildman–Crippen MR) is 159 cm³/mol. The minimum Gasteiger partial charge on any atom is -0.465 e. The molecule has 0 radical (unpaired) electrons. The number of benzene rings is 1. The van der Waals surface area contributed by atoms with Crippen molar-refractivity contribution in [2.24, 2.45) is 11.8 Å². The Kier molecular flexibility index (Phi) is 8.07. The summed E-state index contributed by atoms with van der Waals surface area (Å²) in [5.41, 5.74) is 0.990. The highest BCUT2D eigenvalue weighted by molar-refractivity contribution is 8.02. The van der Waals surface area contributed by atoms with Crippen molar-refractivity contribution in [1.82, 2.24) is 9.80 Å².